The Morgan fingerprint density at radius 1 is 1.09 bits per heavy atom. The normalized spacial score (nSPS) is 10.6. The van der Waals surface area contributed by atoms with E-state index in [9.17, 15) is 18.8 Å². The molecule has 0 atom stereocenters. The summed E-state index contributed by atoms with van der Waals surface area (Å²) >= 11 is 0. The molecule has 0 spiro atoms. The third-order valence-corrected chi connectivity index (χ3v) is 4.24. The van der Waals surface area contributed by atoms with Gasteiger partial charge < -0.3 is 20.7 Å². The van der Waals surface area contributed by atoms with E-state index in [-0.39, 0.29) is 34.8 Å². The average molecular weight is 450 g/mol. The number of ether oxygens (including phenoxy) is 1. The lowest BCUT2D eigenvalue weighted by Crippen LogP contribution is -2.09. The molecule has 0 unspecified atom stereocenters. The van der Waals surface area contributed by atoms with Gasteiger partial charge in [0, 0.05) is 30.1 Å². The number of benzene rings is 2. The summed E-state index contributed by atoms with van der Waals surface area (Å²) in [5.41, 5.74) is 2.01. The Hall–Kier alpha value is -4.79. The molecular formula is C21H16F2N8O2. The van der Waals surface area contributed by atoms with Gasteiger partial charge in [-0.15, -0.1) is 0 Å². The highest BCUT2D eigenvalue weighted by molar-refractivity contribution is 5.89. The van der Waals surface area contributed by atoms with Gasteiger partial charge in [-0.1, -0.05) is 12.1 Å². The molecule has 0 aliphatic carbocycles. The first kappa shape index (κ1) is 21.4. The zero-order chi connectivity index (χ0) is 23.4. The van der Waals surface area contributed by atoms with Crippen molar-refractivity contribution < 1.29 is 18.3 Å². The van der Waals surface area contributed by atoms with E-state index in [0.717, 1.165) is 0 Å². The average Bonchev–Trinajstić information content (AvgIpc) is 3.16. The van der Waals surface area contributed by atoms with Crippen LogP contribution in [0.1, 0.15) is 12.5 Å². The molecule has 166 valence electrons. The maximum absolute atomic E-state index is 12.5. The topological polar surface area (TPSA) is 129 Å². The zero-order valence-electron chi connectivity index (χ0n) is 17.1. The molecule has 2 aromatic heterocycles. The van der Waals surface area contributed by atoms with E-state index in [1.165, 1.54) is 35.8 Å². The maximum Gasteiger partial charge on any atom is 0.387 e. The van der Waals surface area contributed by atoms with Gasteiger partial charge >= 0.3 is 6.61 Å². The molecule has 10 nitrogen and oxygen atoms in total. The molecule has 0 saturated carbocycles. The minimum Gasteiger partial charge on any atom is -0.435 e. The summed E-state index contributed by atoms with van der Waals surface area (Å²) in [6.45, 7) is -1.56. The number of rotatable bonds is 7. The predicted octanol–water partition coefficient (Wildman–Crippen LogP) is 4.04. The second-order valence-electron chi connectivity index (χ2n) is 6.69. The summed E-state index contributed by atoms with van der Waals surface area (Å²) in [6, 6.07) is 14.8. The number of alkyl halides is 2. The number of halogens is 2. The summed E-state index contributed by atoms with van der Waals surface area (Å²) < 4.78 is 30.8. The molecule has 0 aliphatic rings. The van der Waals surface area contributed by atoms with E-state index in [2.05, 4.69) is 35.8 Å². The Morgan fingerprint density at radius 2 is 1.82 bits per heavy atom. The van der Waals surface area contributed by atoms with Crippen molar-refractivity contribution in [1.82, 2.24) is 19.6 Å². The van der Waals surface area contributed by atoms with Crippen LogP contribution in [0.3, 0.4) is 0 Å². The Labute approximate surface area is 185 Å². The lowest BCUT2D eigenvalue weighted by molar-refractivity contribution is -0.114. The molecule has 1 amide bonds. The molecule has 0 radical (unpaired) electrons. The number of hydrogen-bond acceptors (Lipinski definition) is 8. The number of fused-ring (bicyclic) bond motifs is 1. The van der Waals surface area contributed by atoms with Crippen molar-refractivity contribution in [3.8, 4) is 11.8 Å². The Balaban J connectivity index is 1.70. The highest BCUT2D eigenvalue weighted by atomic mass is 19.3. The molecule has 4 rings (SSSR count). The fraction of sp³-hybridized carbons (Fsp3) is 0.0952. The van der Waals surface area contributed by atoms with E-state index in [1.54, 1.807) is 30.3 Å². The standard InChI is InChI=1S/C21H16F2N8O2/c1-12(32)26-14-4-2-5-15(8-14)27-20-29-18-13(10-24)11-25-31(18)21(30-20)28-16-6-3-7-17(9-16)33-19(22)23/h2-9,11,19H,1H3,(H,26,32)(H2,27,28,29,30). The molecule has 2 aromatic carbocycles. The summed E-state index contributed by atoms with van der Waals surface area (Å²) in [7, 11) is 0. The number of nitrogens with zero attached hydrogens (tertiary/aromatic N) is 5. The lowest BCUT2D eigenvalue weighted by atomic mass is 10.2. The minimum atomic E-state index is -2.96. The number of nitrogens with one attached hydrogen (secondary N) is 3. The van der Waals surface area contributed by atoms with Gasteiger partial charge in [-0.3, -0.25) is 4.79 Å². The van der Waals surface area contributed by atoms with Gasteiger partial charge in [-0.25, -0.2) is 0 Å². The molecule has 0 bridgehead atoms. The second kappa shape index (κ2) is 9.15. The monoisotopic (exact) mass is 450 g/mol. The first-order valence-corrected chi connectivity index (χ1v) is 9.54. The molecule has 0 aliphatic heterocycles. The summed E-state index contributed by atoms with van der Waals surface area (Å²) in [5, 5.41) is 22.2. The third kappa shape index (κ3) is 5.10. The Bertz CT molecular complexity index is 1370. The van der Waals surface area contributed by atoms with Gasteiger partial charge in [0.2, 0.25) is 17.8 Å². The van der Waals surface area contributed by atoms with Crippen molar-refractivity contribution in [1.29, 1.82) is 5.26 Å². The van der Waals surface area contributed by atoms with Crippen LogP contribution in [0.15, 0.2) is 54.7 Å². The van der Waals surface area contributed by atoms with Gasteiger partial charge in [0.25, 0.3) is 0 Å². The highest BCUT2D eigenvalue weighted by Gasteiger charge is 2.14. The Morgan fingerprint density at radius 3 is 2.55 bits per heavy atom. The molecule has 12 heteroatoms. The van der Waals surface area contributed by atoms with Gasteiger partial charge in [0.1, 0.15) is 17.4 Å². The van der Waals surface area contributed by atoms with E-state index < -0.39 is 6.61 Å². The van der Waals surface area contributed by atoms with Crippen LogP contribution >= 0.6 is 0 Å². The van der Waals surface area contributed by atoms with Crippen LogP contribution in [0.5, 0.6) is 5.75 Å². The number of anilines is 5. The van der Waals surface area contributed by atoms with Crippen LogP contribution in [0.25, 0.3) is 5.65 Å². The maximum atomic E-state index is 12.5. The highest BCUT2D eigenvalue weighted by Crippen LogP contribution is 2.25. The first-order valence-electron chi connectivity index (χ1n) is 9.54. The quantitative estimate of drug-likeness (QED) is 0.385. The van der Waals surface area contributed by atoms with Crippen LogP contribution in [0.2, 0.25) is 0 Å². The third-order valence-electron chi connectivity index (χ3n) is 4.24. The molecule has 0 saturated heterocycles. The van der Waals surface area contributed by atoms with Crippen LogP contribution in [-0.2, 0) is 4.79 Å². The van der Waals surface area contributed by atoms with Crippen LogP contribution in [0.4, 0.5) is 37.7 Å². The summed E-state index contributed by atoms with van der Waals surface area (Å²) in [5.74, 6) is 0.0667. The van der Waals surface area contributed by atoms with Crippen molar-refractivity contribution in [3.05, 3.63) is 60.3 Å². The van der Waals surface area contributed by atoms with Crippen molar-refractivity contribution >= 4 is 40.5 Å². The van der Waals surface area contributed by atoms with Gasteiger partial charge in [-0.05, 0) is 30.3 Å². The Kier molecular flexibility index (Phi) is 5.94. The van der Waals surface area contributed by atoms with Crippen molar-refractivity contribution in [2.75, 3.05) is 16.0 Å². The SMILES string of the molecule is CC(=O)Nc1cccc(Nc2nc(Nc3cccc(OC(F)F)c3)n3ncc(C#N)c3n2)c1. The van der Waals surface area contributed by atoms with Gasteiger partial charge in [-0.2, -0.15) is 33.6 Å². The number of hydrogen-bond donors (Lipinski definition) is 3. The molecule has 3 N–H and O–H groups in total. The number of amides is 1. The van der Waals surface area contributed by atoms with Crippen molar-refractivity contribution in [2.45, 2.75) is 13.5 Å². The molecular weight excluding hydrogens is 434 g/mol. The van der Waals surface area contributed by atoms with Gasteiger partial charge in [0.15, 0.2) is 5.65 Å². The predicted molar refractivity (Wildman–Crippen MR) is 116 cm³/mol. The number of carbonyl (C=O) groups excluding carboxylic acids is 1. The van der Waals surface area contributed by atoms with Crippen LogP contribution in [0, 0.1) is 11.3 Å². The summed E-state index contributed by atoms with van der Waals surface area (Å²) in [6.07, 6.45) is 1.34. The lowest BCUT2D eigenvalue weighted by Gasteiger charge is -2.12. The molecule has 0 fully saturated rings. The van der Waals surface area contributed by atoms with Gasteiger partial charge in [0.05, 0.1) is 6.20 Å². The first-order chi connectivity index (χ1) is 15.9. The minimum absolute atomic E-state index is 0.0355. The van der Waals surface area contributed by atoms with E-state index >= 15 is 0 Å². The summed E-state index contributed by atoms with van der Waals surface area (Å²) in [4.78, 5) is 20.1. The fourth-order valence-corrected chi connectivity index (χ4v) is 2.98. The molecule has 4 aromatic rings. The number of carbonyl (C=O) groups is 1. The van der Waals surface area contributed by atoms with E-state index in [0.29, 0.717) is 17.1 Å². The smallest absolute Gasteiger partial charge is 0.387 e. The van der Waals surface area contributed by atoms with Crippen molar-refractivity contribution in [3.63, 3.8) is 0 Å². The van der Waals surface area contributed by atoms with E-state index in [1.807, 2.05) is 6.07 Å². The number of aromatic nitrogens is 4. The second-order valence-corrected chi connectivity index (χ2v) is 6.69. The largest absolute Gasteiger partial charge is 0.435 e. The molecule has 33 heavy (non-hydrogen) atoms. The van der Waals surface area contributed by atoms with E-state index in [4.69, 9.17) is 0 Å². The molecule has 2 heterocycles. The van der Waals surface area contributed by atoms with Crippen LogP contribution in [-0.4, -0.2) is 32.1 Å². The zero-order valence-corrected chi connectivity index (χ0v) is 17.1. The fourth-order valence-electron chi connectivity index (χ4n) is 2.98. The van der Waals surface area contributed by atoms with Crippen LogP contribution < -0.4 is 20.7 Å². The number of nitriles is 1. The van der Waals surface area contributed by atoms with Crippen molar-refractivity contribution in [2.24, 2.45) is 0 Å².